The molecule has 0 aliphatic carbocycles. The summed E-state index contributed by atoms with van der Waals surface area (Å²) in [7, 11) is 0. The molecule has 1 aromatic heterocycles. The van der Waals surface area contributed by atoms with Gasteiger partial charge in [-0.15, -0.1) is 11.6 Å². The van der Waals surface area contributed by atoms with Crippen molar-refractivity contribution in [1.29, 1.82) is 0 Å². The van der Waals surface area contributed by atoms with E-state index in [2.05, 4.69) is 32.5 Å². The maximum atomic E-state index is 11.9. The average Bonchev–Trinajstić information content (AvgIpc) is 2.79. The number of benzene rings is 3. The standard InChI is InChI=1S/C23H18ClN5O2/c1-2-21(30)28-19-10-17-18(11-20(19)29-22(31)12-24)25-13-26-23(17)27-16-8-7-14-5-3-4-6-15(14)9-16/h2-11,13H,1,12H2,(H,28,30)(H,29,31)(H,25,26,27). The van der Waals surface area contributed by atoms with Crippen LogP contribution in [0.1, 0.15) is 0 Å². The highest BCUT2D eigenvalue weighted by atomic mass is 35.5. The Morgan fingerprint density at radius 2 is 1.74 bits per heavy atom. The number of nitrogens with zero attached hydrogens (tertiary/aromatic N) is 2. The number of carbonyl (C=O) groups excluding carboxylic acids is 2. The summed E-state index contributed by atoms with van der Waals surface area (Å²) in [6.07, 6.45) is 2.58. The monoisotopic (exact) mass is 431 g/mol. The lowest BCUT2D eigenvalue weighted by atomic mass is 10.1. The van der Waals surface area contributed by atoms with Gasteiger partial charge >= 0.3 is 0 Å². The second kappa shape index (κ2) is 8.81. The van der Waals surface area contributed by atoms with E-state index in [0.717, 1.165) is 22.5 Å². The fourth-order valence-corrected chi connectivity index (χ4v) is 3.25. The Kier molecular flexibility index (Phi) is 5.77. The van der Waals surface area contributed by atoms with E-state index in [1.165, 1.54) is 6.33 Å². The summed E-state index contributed by atoms with van der Waals surface area (Å²) in [6, 6.07) is 17.4. The predicted octanol–water partition coefficient (Wildman–Crippen LogP) is 4.83. The highest BCUT2D eigenvalue weighted by molar-refractivity contribution is 6.29. The topological polar surface area (TPSA) is 96.0 Å². The Labute approximate surface area is 183 Å². The van der Waals surface area contributed by atoms with Crippen molar-refractivity contribution in [2.75, 3.05) is 21.8 Å². The summed E-state index contributed by atoms with van der Waals surface area (Å²) in [5.41, 5.74) is 2.20. The zero-order chi connectivity index (χ0) is 21.8. The molecule has 0 fully saturated rings. The fourth-order valence-electron chi connectivity index (χ4n) is 3.18. The van der Waals surface area contributed by atoms with Gasteiger partial charge in [0.2, 0.25) is 11.8 Å². The van der Waals surface area contributed by atoms with Gasteiger partial charge in [-0.3, -0.25) is 9.59 Å². The summed E-state index contributed by atoms with van der Waals surface area (Å²) < 4.78 is 0. The first-order valence-corrected chi connectivity index (χ1v) is 9.94. The third-order valence-electron chi connectivity index (χ3n) is 4.63. The van der Waals surface area contributed by atoms with Crippen molar-refractivity contribution in [3.63, 3.8) is 0 Å². The molecule has 1 heterocycles. The Balaban J connectivity index is 1.77. The lowest BCUT2D eigenvalue weighted by molar-refractivity contribution is -0.114. The number of carbonyl (C=O) groups is 2. The summed E-state index contributed by atoms with van der Waals surface area (Å²) >= 11 is 5.61. The number of nitrogens with one attached hydrogen (secondary N) is 3. The maximum Gasteiger partial charge on any atom is 0.247 e. The third kappa shape index (κ3) is 4.46. The van der Waals surface area contributed by atoms with Gasteiger partial charge < -0.3 is 16.0 Å². The van der Waals surface area contributed by atoms with Crippen LogP contribution in [0.2, 0.25) is 0 Å². The smallest absolute Gasteiger partial charge is 0.247 e. The van der Waals surface area contributed by atoms with Crippen LogP contribution >= 0.6 is 11.6 Å². The molecule has 0 aliphatic heterocycles. The van der Waals surface area contributed by atoms with E-state index >= 15 is 0 Å². The third-order valence-corrected chi connectivity index (χ3v) is 4.87. The number of aromatic nitrogens is 2. The number of alkyl halides is 1. The minimum atomic E-state index is -0.415. The molecule has 0 spiro atoms. The van der Waals surface area contributed by atoms with Crippen molar-refractivity contribution in [1.82, 2.24) is 9.97 Å². The highest BCUT2D eigenvalue weighted by Gasteiger charge is 2.13. The predicted molar refractivity (Wildman–Crippen MR) is 125 cm³/mol. The molecule has 0 radical (unpaired) electrons. The number of fused-ring (bicyclic) bond motifs is 2. The Morgan fingerprint density at radius 1 is 0.968 bits per heavy atom. The largest absolute Gasteiger partial charge is 0.340 e. The number of hydrogen-bond donors (Lipinski definition) is 3. The molecule has 4 aromatic rings. The molecule has 3 aromatic carbocycles. The summed E-state index contributed by atoms with van der Waals surface area (Å²) in [5, 5.41) is 11.6. The number of rotatable bonds is 6. The first-order valence-electron chi connectivity index (χ1n) is 9.41. The molecule has 154 valence electrons. The van der Waals surface area contributed by atoms with Crippen molar-refractivity contribution in [2.24, 2.45) is 0 Å². The summed E-state index contributed by atoms with van der Waals surface area (Å²) in [5.74, 6) is -0.476. The van der Waals surface area contributed by atoms with Crippen LogP contribution in [-0.4, -0.2) is 27.7 Å². The van der Waals surface area contributed by atoms with Crippen molar-refractivity contribution >= 4 is 68.0 Å². The number of amides is 2. The van der Waals surface area contributed by atoms with E-state index in [4.69, 9.17) is 11.6 Å². The van der Waals surface area contributed by atoms with E-state index in [1.54, 1.807) is 12.1 Å². The van der Waals surface area contributed by atoms with Gasteiger partial charge in [-0.25, -0.2) is 9.97 Å². The van der Waals surface area contributed by atoms with Crippen LogP contribution in [0.15, 0.2) is 73.6 Å². The van der Waals surface area contributed by atoms with Crippen LogP contribution in [0.25, 0.3) is 21.7 Å². The van der Waals surface area contributed by atoms with Gasteiger partial charge in [0.15, 0.2) is 0 Å². The highest BCUT2D eigenvalue weighted by Crippen LogP contribution is 2.32. The Bertz CT molecular complexity index is 1320. The Morgan fingerprint density at radius 3 is 2.52 bits per heavy atom. The minimum Gasteiger partial charge on any atom is -0.340 e. The molecule has 0 saturated carbocycles. The molecule has 7 nitrogen and oxygen atoms in total. The lowest BCUT2D eigenvalue weighted by Crippen LogP contribution is -2.16. The van der Waals surface area contributed by atoms with E-state index < -0.39 is 11.8 Å². The van der Waals surface area contributed by atoms with Gasteiger partial charge in [0.05, 0.1) is 16.9 Å². The number of halogens is 1. The Hall–Kier alpha value is -3.97. The van der Waals surface area contributed by atoms with E-state index in [1.807, 2.05) is 42.5 Å². The fraction of sp³-hybridized carbons (Fsp3) is 0.0435. The van der Waals surface area contributed by atoms with Crippen LogP contribution in [0, 0.1) is 0 Å². The SMILES string of the molecule is C=CC(=O)Nc1cc2c(Nc3ccc4ccccc4c3)ncnc2cc1NC(=O)CCl. The van der Waals surface area contributed by atoms with E-state index in [0.29, 0.717) is 28.1 Å². The molecule has 2 amide bonds. The lowest BCUT2D eigenvalue weighted by Gasteiger charge is -2.14. The summed E-state index contributed by atoms with van der Waals surface area (Å²) in [6.45, 7) is 3.47. The van der Waals surface area contributed by atoms with Crippen molar-refractivity contribution in [3.8, 4) is 0 Å². The zero-order valence-corrected chi connectivity index (χ0v) is 17.1. The van der Waals surface area contributed by atoms with Gasteiger partial charge in [0.25, 0.3) is 0 Å². The molecule has 0 unspecified atom stereocenters. The van der Waals surface area contributed by atoms with Crippen molar-refractivity contribution in [3.05, 3.63) is 73.6 Å². The molecule has 3 N–H and O–H groups in total. The van der Waals surface area contributed by atoms with Gasteiger partial charge in [0.1, 0.15) is 18.0 Å². The number of hydrogen-bond acceptors (Lipinski definition) is 5. The van der Waals surface area contributed by atoms with E-state index in [-0.39, 0.29) is 5.88 Å². The number of anilines is 4. The molecule has 4 rings (SSSR count). The molecule has 8 heteroatoms. The van der Waals surface area contributed by atoms with Crippen LogP contribution in [-0.2, 0) is 9.59 Å². The van der Waals surface area contributed by atoms with Gasteiger partial charge in [-0.05, 0) is 41.1 Å². The normalized spacial score (nSPS) is 10.6. The van der Waals surface area contributed by atoms with Gasteiger partial charge in [-0.1, -0.05) is 36.9 Å². The van der Waals surface area contributed by atoms with Crippen LogP contribution in [0.5, 0.6) is 0 Å². The minimum absolute atomic E-state index is 0.217. The van der Waals surface area contributed by atoms with Gasteiger partial charge in [-0.2, -0.15) is 0 Å². The average molecular weight is 432 g/mol. The molecule has 0 saturated heterocycles. The van der Waals surface area contributed by atoms with Crippen molar-refractivity contribution in [2.45, 2.75) is 0 Å². The van der Waals surface area contributed by atoms with Crippen LogP contribution < -0.4 is 16.0 Å². The molecule has 31 heavy (non-hydrogen) atoms. The quantitative estimate of drug-likeness (QED) is 0.300. The second-order valence-electron chi connectivity index (χ2n) is 6.70. The molecule has 0 bridgehead atoms. The molecular formula is C23H18ClN5O2. The van der Waals surface area contributed by atoms with Crippen molar-refractivity contribution < 1.29 is 9.59 Å². The van der Waals surface area contributed by atoms with E-state index in [9.17, 15) is 9.59 Å². The zero-order valence-electron chi connectivity index (χ0n) is 16.4. The first kappa shape index (κ1) is 20.3. The van der Waals surface area contributed by atoms with Crippen LogP contribution in [0.3, 0.4) is 0 Å². The molecular weight excluding hydrogens is 414 g/mol. The first-order chi connectivity index (χ1) is 15.1. The van der Waals surface area contributed by atoms with Crippen LogP contribution in [0.4, 0.5) is 22.9 Å². The second-order valence-corrected chi connectivity index (χ2v) is 6.97. The van der Waals surface area contributed by atoms with Gasteiger partial charge in [0, 0.05) is 11.1 Å². The summed E-state index contributed by atoms with van der Waals surface area (Å²) in [4.78, 5) is 32.4. The maximum absolute atomic E-state index is 11.9. The molecule has 0 aliphatic rings. The molecule has 0 atom stereocenters.